The number of aromatic hydroxyl groups is 1. The van der Waals surface area contributed by atoms with Crippen LogP contribution in [0.15, 0.2) is 91.3 Å². The standard InChI is InChI=1S/C67H90N20O17/c1-34(2)55(66(104)82-51(30-54(92)93)63(101)83-52(33-88)65(103)79-47(56(69)94)26-38-18-20-41(90)21-19-38)84-64(102)48(27-37-12-6-5-7-13-37)80-57(95)35(3)74-58(96)45-17-11-25-87-32-40(85-86-87)29-50(75-36(4)89)62(100)81-49(28-39-31-73-43-15-9-8-14-42(39)43)61(99)77-44(16-10-24-72-67(70)71)59(97)78-46(60(98)76-45)22-23-53(68)91/h5-9,12-15,18-21,31-32,34-35,44-52,55,73,88,90H,10-11,16-17,22-30,33H2,1-4H3,(H2,68,91)(H2,69,94)(H,74,96)(H,75,89)(H,76,98)(H,77,99)(H,78,97)(H,79,103)(H,80,95)(H,81,100)(H,82,104)(H,83,101)(H,84,102)(H,92,93)(H4,70,71,72)/t35-,44-,45-,46-,47-,48-,49-,50-,51-,52-,55-/m0/s1. The van der Waals surface area contributed by atoms with E-state index >= 15 is 0 Å². The fourth-order valence-electron chi connectivity index (χ4n) is 11.1. The number of H-pyrrole nitrogens is 1. The number of carbonyl (C=O) groups is 14. The monoisotopic (exact) mass is 1450 g/mol. The van der Waals surface area contributed by atoms with Crippen molar-refractivity contribution in [1.82, 2.24) is 83.8 Å². The van der Waals surface area contributed by atoms with Gasteiger partial charge in [-0.05, 0) is 79.8 Å². The molecular formula is C67H90N20O17. The Labute approximate surface area is 596 Å². The number of nitrogens with zero attached hydrogens (tertiary/aromatic N) is 3. The zero-order chi connectivity index (χ0) is 76.3. The number of carboxylic acid groups (broad SMARTS) is 1. The van der Waals surface area contributed by atoms with E-state index in [9.17, 15) is 82.4 Å². The lowest BCUT2D eigenvalue weighted by Gasteiger charge is -2.28. The Kier molecular flexibility index (Phi) is 30.5. The molecule has 0 radical (unpaired) electrons. The van der Waals surface area contributed by atoms with Crippen LogP contribution in [0.3, 0.4) is 0 Å². The minimum absolute atomic E-state index is 0.00116. The van der Waals surface area contributed by atoms with E-state index in [0.29, 0.717) is 27.6 Å². The predicted octanol–water partition coefficient (Wildman–Crippen LogP) is -4.96. The van der Waals surface area contributed by atoms with Crippen LogP contribution in [0.1, 0.15) is 95.0 Å². The summed E-state index contributed by atoms with van der Waals surface area (Å²) < 4.78 is 1.36. The van der Waals surface area contributed by atoms with E-state index in [1.54, 1.807) is 60.8 Å². The molecule has 1 aliphatic heterocycles. The molecule has 0 fully saturated rings. The first-order valence-electron chi connectivity index (χ1n) is 33.4. The van der Waals surface area contributed by atoms with Crippen LogP contribution in [-0.4, -0.2) is 204 Å². The smallest absolute Gasteiger partial charge is 0.305 e. The molecule has 0 aliphatic carbocycles. The Hall–Kier alpha value is -12.1. The Balaban J connectivity index is 1.24. The number of rotatable bonds is 31. The zero-order valence-electron chi connectivity index (χ0n) is 57.6. The van der Waals surface area contributed by atoms with Crippen LogP contribution >= 0.6 is 0 Å². The number of primary amides is 2. The normalized spacial score (nSPS) is 18.5. The summed E-state index contributed by atoms with van der Waals surface area (Å²) in [5.74, 6) is -15.6. The molecule has 2 bridgehead atoms. The maximum atomic E-state index is 14.7. The topological polar surface area (TPSA) is 592 Å². The van der Waals surface area contributed by atoms with E-state index in [-0.39, 0.29) is 75.9 Å². The number of aromatic amines is 1. The van der Waals surface area contributed by atoms with Crippen molar-refractivity contribution < 1.29 is 82.4 Å². The second-order valence-electron chi connectivity index (χ2n) is 25.3. The van der Waals surface area contributed by atoms with Gasteiger partial charge in [0.2, 0.25) is 76.8 Å². The van der Waals surface area contributed by atoms with Crippen molar-refractivity contribution in [3.8, 4) is 5.75 Å². The Bertz CT molecular complexity index is 3900. The zero-order valence-corrected chi connectivity index (χ0v) is 57.6. The highest BCUT2D eigenvalue weighted by Crippen LogP contribution is 2.21. The number of hydrogen-bond donors (Lipinski definition) is 20. The number of phenolic OH excluding ortho intramolecular Hbond substituents is 1. The van der Waals surface area contributed by atoms with Crippen LogP contribution in [-0.2, 0) is 99.4 Å². The number of aliphatic hydroxyl groups excluding tert-OH is 1. The van der Waals surface area contributed by atoms with Gasteiger partial charge in [0.1, 0.15) is 72.2 Å². The first kappa shape index (κ1) is 80.9. The lowest BCUT2D eigenvalue weighted by Crippen LogP contribution is -2.61. The second-order valence-corrected chi connectivity index (χ2v) is 25.3. The van der Waals surface area contributed by atoms with Crippen LogP contribution in [0.5, 0.6) is 5.75 Å². The number of phenols is 1. The van der Waals surface area contributed by atoms with E-state index in [1.165, 1.54) is 62.8 Å². The summed E-state index contributed by atoms with van der Waals surface area (Å²) in [6, 6.07) is 3.65. The van der Waals surface area contributed by atoms with Crippen LogP contribution in [0.4, 0.5) is 0 Å². The molecule has 104 heavy (non-hydrogen) atoms. The van der Waals surface area contributed by atoms with Crippen molar-refractivity contribution in [3.05, 3.63) is 114 Å². The van der Waals surface area contributed by atoms with E-state index in [0.717, 1.165) is 0 Å². The van der Waals surface area contributed by atoms with Gasteiger partial charge in [0.25, 0.3) is 0 Å². The molecule has 1 aliphatic rings. The fraction of sp³-hybridized carbons (Fsp3) is 0.448. The van der Waals surface area contributed by atoms with Gasteiger partial charge >= 0.3 is 5.97 Å². The third kappa shape index (κ3) is 25.5. The minimum Gasteiger partial charge on any atom is -0.508 e. The van der Waals surface area contributed by atoms with Crippen molar-refractivity contribution in [1.29, 1.82) is 5.41 Å². The number of carboxylic acids is 1. The SMILES string of the molecule is CC(=O)N[C@H]1Cc2cn(nn2)CCC[C@@H](C(=O)N[C@@H](C)C(=O)N[C@@H](Cc2ccccc2)C(=O)N[C@H](C(=O)N[C@@H](CC(=O)O)C(=O)N[C@@H](CO)C(=O)N[C@@H](Cc2ccc(O)cc2)C(N)=O)C(C)C)NC(=O)[C@H](CCC(N)=O)NC(=O)[C@H](CCCNC(=N)N)NC(=O)[C@H](Cc2c[nH]c3ccccc23)NC1=O. The number of guanidine groups is 1. The predicted molar refractivity (Wildman–Crippen MR) is 370 cm³/mol. The highest BCUT2D eigenvalue weighted by Gasteiger charge is 2.38. The molecule has 3 aromatic carbocycles. The van der Waals surface area contributed by atoms with Crippen LogP contribution in [0.25, 0.3) is 10.9 Å². The van der Waals surface area contributed by atoms with Crippen molar-refractivity contribution in [2.75, 3.05) is 13.2 Å². The van der Waals surface area contributed by atoms with Crippen molar-refractivity contribution in [2.24, 2.45) is 23.1 Å². The number of aryl methyl sites for hydroxylation is 1. The van der Waals surface area contributed by atoms with Crippen LogP contribution in [0.2, 0.25) is 0 Å². The number of aliphatic hydroxyl groups is 1. The van der Waals surface area contributed by atoms with Gasteiger partial charge < -0.3 is 101 Å². The molecule has 3 heterocycles. The van der Waals surface area contributed by atoms with Crippen LogP contribution < -0.4 is 81.0 Å². The number of carbonyl (C=O) groups excluding carboxylic acids is 13. The first-order valence-corrected chi connectivity index (χ1v) is 33.4. The molecule has 6 rings (SSSR count). The maximum Gasteiger partial charge on any atom is 0.305 e. The van der Waals surface area contributed by atoms with Gasteiger partial charge in [0.05, 0.1) is 18.7 Å². The molecule has 37 heteroatoms. The van der Waals surface area contributed by atoms with Crippen molar-refractivity contribution in [3.63, 3.8) is 0 Å². The Morgan fingerprint density at radius 2 is 1.26 bits per heavy atom. The molecule has 0 saturated heterocycles. The van der Waals surface area contributed by atoms with Crippen LogP contribution in [0, 0.1) is 11.3 Å². The van der Waals surface area contributed by atoms with Crippen molar-refractivity contribution in [2.45, 2.75) is 171 Å². The molecular weight excluding hydrogens is 1360 g/mol. The number of nitrogens with two attached hydrogens (primary N) is 3. The number of amides is 13. The first-order chi connectivity index (χ1) is 49.4. The molecule has 0 unspecified atom stereocenters. The summed E-state index contributed by atoms with van der Waals surface area (Å²) in [4.78, 5) is 196. The van der Waals surface area contributed by atoms with Gasteiger partial charge in [0.15, 0.2) is 5.96 Å². The average Bonchev–Trinajstić information content (AvgIpc) is 1.54. The Morgan fingerprint density at radius 1 is 0.673 bits per heavy atom. The molecule has 5 aromatic rings. The largest absolute Gasteiger partial charge is 0.508 e. The lowest BCUT2D eigenvalue weighted by molar-refractivity contribution is -0.142. The summed E-state index contributed by atoms with van der Waals surface area (Å²) in [7, 11) is 0. The minimum atomic E-state index is -1.96. The number of aliphatic carboxylic acids is 1. The quantitative estimate of drug-likeness (QED) is 0.0112. The second kappa shape index (κ2) is 39.2. The number of fused-ring (bicyclic) bond motifs is 3. The average molecular weight is 1450 g/mol. The maximum absolute atomic E-state index is 14.7. The highest BCUT2D eigenvalue weighted by atomic mass is 16.4. The fourth-order valence-corrected chi connectivity index (χ4v) is 11.1. The molecule has 0 spiro atoms. The highest BCUT2D eigenvalue weighted by molar-refractivity contribution is 6.00. The third-order valence-electron chi connectivity index (χ3n) is 16.6. The number of para-hydroxylation sites is 1. The van der Waals surface area contributed by atoms with E-state index in [2.05, 4.69) is 79.1 Å². The molecule has 0 saturated carbocycles. The number of nitrogens with one attached hydrogen (secondary N) is 14. The molecule has 13 amide bonds. The molecule has 37 nitrogen and oxygen atoms in total. The van der Waals surface area contributed by atoms with E-state index < -0.39 is 187 Å². The van der Waals surface area contributed by atoms with Gasteiger partial charge in [-0.25, -0.2) is 0 Å². The van der Waals surface area contributed by atoms with Gasteiger partial charge in [-0.3, -0.25) is 77.2 Å². The van der Waals surface area contributed by atoms with Gasteiger partial charge in [-0.15, -0.1) is 5.10 Å². The summed E-state index contributed by atoms with van der Waals surface area (Å²) in [5, 5.41) is 76.6. The molecule has 560 valence electrons. The van der Waals surface area contributed by atoms with Gasteiger partial charge in [0, 0.05) is 75.4 Å². The molecule has 11 atom stereocenters. The van der Waals surface area contributed by atoms with Gasteiger partial charge in [-0.2, -0.15) is 0 Å². The Morgan fingerprint density at radius 3 is 1.90 bits per heavy atom. The summed E-state index contributed by atoms with van der Waals surface area (Å²) >= 11 is 0. The molecule has 2 aromatic heterocycles. The third-order valence-corrected chi connectivity index (χ3v) is 16.6. The number of hydrogen-bond acceptors (Lipinski definition) is 19. The van der Waals surface area contributed by atoms with E-state index in [4.69, 9.17) is 22.6 Å². The van der Waals surface area contributed by atoms with E-state index in [1.807, 2.05) is 0 Å². The lowest BCUT2D eigenvalue weighted by atomic mass is 10.00. The number of aromatic nitrogens is 4. The summed E-state index contributed by atoms with van der Waals surface area (Å²) in [6.45, 7) is 4.38. The molecule has 23 N–H and O–H groups in total. The summed E-state index contributed by atoms with van der Waals surface area (Å²) in [5.41, 5.74) is 19.0. The summed E-state index contributed by atoms with van der Waals surface area (Å²) in [6.07, 6.45) is 0.0152. The number of benzene rings is 3. The van der Waals surface area contributed by atoms with Gasteiger partial charge in [-0.1, -0.05) is 79.7 Å². The van der Waals surface area contributed by atoms with Crippen molar-refractivity contribution >= 4 is 99.6 Å².